The Morgan fingerprint density at radius 1 is 1.26 bits per heavy atom. The summed E-state index contributed by atoms with van der Waals surface area (Å²) in [4.78, 5) is 14.0. The van der Waals surface area contributed by atoms with Crippen LogP contribution in [0, 0.1) is 0 Å². The summed E-state index contributed by atoms with van der Waals surface area (Å²) in [6, 6.07) is 7.50. The van der Waals surface area contributed by atoms with E-state index >= 15 is 0 Å². The molecule has 2 fully saturated rings. The molecule has 3 rings (SSSR count). The molecule has 1 amide bonds. The van der Waals surface area contributed by atoms with Crippen LogP contribution in [0.1, 0.15) is 36.0 Å². The summed E-state index contributed by atoms with van der Waals surface area (Å²) in [5.41, 5.74) is 7.17. The number of nitrogens with one attached hydrogen (secondary N) is 1. The lowest BCUT2D eigenvalue weighted by Crippen LogP contribution is -2.44. The van der Waals surface area contributed by atoms with E-state index in [1.165, 1.54) is 38.8 Å². The number of carbonyl (C=O) groups is 1. The normalized spacial score (nSPS) is 21.3. The van der Waals surface area contributed by atoms with Crippen molar-refractivity contribution in [3.05, 3.63) is 29.8 Å². The molecule has 0 aromatic heterocycles. The fraction of sp³-hybridized carbons (Fsp3) is 0.533. The molecule has 0 atom stereocenters. The average molecular weight is 259 g/mol. The third kappa shape index (κ3) is 2.21. The van der Waals surface area contributed by atoms with E-state index in [1.807, 2.05) is 18.2 Å². The van der Waals surface area contributed by atoms with E-state index in [1.54, 1.807) is 6.07 Å². The maximum Gasteiger partial charge on any atom is 0.250 e. The van der Waals surface area contributed by atoms with Crippen molar-refractivity contribution < 1.29 is 4.79 Å². The Kier molecular flexibility index (Phi) is 3.19. The van der Waals surface area contributed by atoms with Crippen molar-refractivity contribution in [1.82, 2.24) is 4.90 Å². The molecule has 2 saturated heterocycles. The number of anilines is 1. The molecule has 1 aromatic rings. The van der Waals surface area contributed by atoms with Gasteiger partial charge in [-0.3, -0.25) is 9.69 Å². The van der Waals surface area contributed by atoms with Crippen LogP contribution in [0.2, 0.25) is 0 Å². The van der Waals surface area contributed by atoms with E-state index in [2.05, 4.69) is 10.2 Å². The van der Waals surface area contributed by atoms with Crippen molar-refractivity contribution in [2.45, 2.75) is 31.2 Å². The van der Waals surface area contributed by atoms with Gasteiger partial charge in [-0.25, -0.2) is 0 Å². The van der Waals surface area contributed by atoms with Crippen LogP contribution in [0.15, 0.2) is 24.3 Å². The van der Waals surface area contributed by atoms with Crippen LogP contribution < -0.4 is 11.1 Å². The van der Waals surface area contributed by atoms with Crippen LogP contribution >= 0.6 is 0 Å². The van der Waals surface area contributed by atoms with Gasteiger partial charge in [-0.2, -0.15) is 0 Å². The van der Waals surface area contributed by atoms with Crippen LogP contribution in [0.5, 0.6) is 0 Å². The van der Waals surface area contributed by atoms with Gasteiger partial charge in [0.2, 0.25) is 0 Å². The number of benzene rings is 1. The SMILES string of the molecule is NC(=O)c1ccccc1NCC12CCCN1CCC2. The zero-order valence-electron chi connectivity index (χ0n) is 11.2. The Labute approximate surface area is 114 Å². The molecule has 0 bridgehead atoms. The maximum atomic E-state index is 11.4. The number of nitrogens with two attached hydrogens (primary N) is 1. The number of rotatable bonds is 4. The van der Waals surface area contributed by atoms with Gasteiger partial charge in [0.05, 0.1) is 5.56 Å². The van der Waals surface area contributed by atoms with Crippen LogP contribution in [0.3, 0.4) is 0 Å². The van der Waals surface area contributed by atoms with Crippen molar-refractivity contribution in [2.75, 3.05) is 25.0 Å². The van der Waals surface area contributed by atoms with Gasteiger partial charge < -0.3 is 11.1 Å². The minimum atomic E-state index is -0.365. The number of hydrogen-bond acceptors (Lipinski definition) is 3. The first kappa shape index (κ1) is 12.5. The highest BCUT2D eigenvalue weighted by Gasteiger charge is 2.43. The third-order valence-electron chi connectivity index (χ3n) is 4.61. The summed E-state index contributed by atoms with van der Waals surface area (Å²) in [7, 11) is 0. The highest BCUT2D eigenvalue weighted by atomic mass is 16.1. The summed E-state index contributed by atoms with van der Waals surface area (Å²) in [5, 5.41) is 3.46. The van der Waals surface area contributed by atoms with Crippen LogP contribution in [0.25, 0.3) is 0 Å². The number of primary amides is 1. The Hall–Kier alpha value is -1.55. The number of amides is 1. The predicted molar refractivity (Wildman–Crippen MR) is 76.2 cm³/mol. The van der Waals surface area contributed by atoms with Crippen molar-refractivity contribution in [3.8, 4) is 0 Å². The Bertz CT molecular complexity index is 476. The second-order valence-corrected chi connectivity index (χ2v) is 5.68. The molecule has 0 radical (unpaired) electrons. The monoisotopic (exact) mass is 259 g/mol. The van der Waals surface area contributed by atoms with Crippen LogP contribution in [-0.2, 0) is 0 Å². The molecule has 4 nitrogen and oxygen atoms in total. The van der Waals surface area contributed by atoms with Gasteiger partial charge in [-0.1, -0.05) is 12.1 Å². The summed E-state index contributed by atoms with van der Waals surface area (Å²) >= 11 is 0. The summed E-state index contributed by atoms with van der Waals surface area (Å²) in [6.07, 6.45) is 5.11. The first-order chi connectivity index (χ1) is 9.21. The van der Waals surface area contributed by atoms with Gasteiger partial charge in [-0.05, 0) is 50.9 Å². The molecule has 0 aliphatic carbocycles. The van der Waals surface area contributed by atoms with Gasteiger partial charge in [-0.15, -0.1) is 0 Å². The Morgan fingerprint density at radius 3 is 2.63 bits per heavy atom. The van der Waals surface area contributed by atoms with Crippen LogP contribution in [0.4, 0.5) is 5.69 Å². The van der Waals surface area contributed by atoms with Gasteiger partial charge in [0.15, 0.2) is 0 Å². The van der Waals surface area contributed by atoms with E-state index in [9.17, 15) is 4.79 Å². The summed E-state index contributed by atoms with van der Waals surface area (Å²) < 4.78 is 0. The lowest BCUT2D eigenvalue weighted by molar-refractivity contribution is 0.100. The van der Waals surface area contributed by atoms with Crippen molar-refractivity contribution in [3.63, 3.8) is 0 Å². The molecular weight excluding hydrogens is 238 g/mol. The summed E-state index contributed by atoms with van der Waals surface area (Å²) in [6.45, 7) is 3.36. The van der Waals surface area contributed by atoms with Crippen molar-refractivity contribution in [1.29, 1.82) is 0 Å². The first-order valence-electron chi connectivity index (χ1n) is 7.09. The number of para-hydroxylation sites is 1. The predicted octanol–water partition coefficient (Wildman–Crippen LogP) is 1.83. The first-order valence-corrected chi connectivity index (χ1v) is 7.09. The van der Waals surface area contributed by atoms with Crippen molar-refractivity contribution in [2.24, 2.45) is 5.73 Å². The third-order valence-corrected chi connectivity index (χ3v) is 4.61. The second kappa shape index (κ2) is 4.85. The van der Waals surface area contributed by atoms with Gasteiger partial charge in [0.25, 0.3) is 5.91 Å². The quantitative estimate of drug-likeness (QED) is 0.867. The van der Waals surface area contributed by atoms with E-state index in [4.69, 9.17) is 5.73 Å². The smallest absolute Gasteiger partial charge is 0.250 e. The van der Waals surface area contributed by atoms with Gasteiger partial charge >= 0.3 is 0 Å². The lowest BCUT2D eigenvalue weighted by Gasteiger charge is -2.32. The molecule has 19 heavy (non-hydrogen) atoms. The van der Waals surface area contributed by atoms with Crippen LogP contribution in [-0.4, -0.2) is 36.0 Å². The zero-order chi connectivity index (χ0) is 13.3. The van der Waals surface area contributed by atoms with Gasteiger partial charge in [0.1, 0.15) is 0 Å². The fourth-order valence-electron chi connectivity index (χ4n) is 3.63. The zero-order valence-corrected chi connectivity index (χ0v) is 11.2. The number of hydrogen-bond donors (Lipinski definition) is 2. The Balaban J connectivity index is 1.74. The number of carbonyl (C=O) groups excluding carboxylic acids is 1. The van der Waals surface area contributed by atoms with Crippen molar-refractivity contribution >= 4 is 11.6 Å². The van der Waals surface area contributed by atoms with E-state index in [0.29, 0.717) is 11.1 Å². The molecule has 1 aromatic carbocycles. The molecule has 2 heterocycles. The Morgan fingerprint density at radius 2 is 1.95 bits per heavy atom. The molecule has 102 valence electrons. The molecular formula is C15H21N3O. The maximum absolute atomic E-state index is 11.4. The second-order valence-electron chi connectivity index (χ2n) is 5.68. The molecule has 4 heteroatoms. The number of fused-ring (bicyclic) bond motifs is 1. The van der Waals surface area contributed by atoms with E-state index in [0.717, 1.165) is 12.2 Å². The van der Waals surface area contributed by atoms with Gasteiger partial charge in [0, 0.05) is 17.8 Å². The average Bonchev–Trinajstić information content (AvgIpc) is 2.96. The molecule has 0 unspecified atom stereocenters. The highest BCUT2D eigenvalue weighted by molar-refractivity contribution is 5.98. The minimum Gasteiger partial charge on any atom is -0.383 e. The molecule has 0 saturated carbocycles. The standard InChI is InChI=1S/C15H21N3O/c16-14(19)12-5-1-2-6-13(12)17-11-15-7-3-9-18(15)10-4-8-15/h1-2,5-6,17H,3-4,7-11H2,(H2,16,19). The fourth-order valence-corrected chi connectivity index (χ4v) is 3.63. The van der Waals surface area contributed by atoms with E-state index in [-0.39, 0.29) is 5.91 Å². The number of nitrogens with zero attached hydrogens (tertiary/aromatic N) is 1. The molecule has 3 N–H and O–H groups in total. The summed E-state index contributed by atoms with van der Waals surface area (Å²) in [5.74, 6) is -0.365. The largest absolute Gasteiger partial charge is 0.383 e. The molecule has 2 aliphatic rings. The lowest BCUT2D eigenvalue weighted by atomic mass is 9.94. The van der Waals surface area contributed by atoms with E-state index < -0.39 is 0 Å². The topological polar surface area (TPSA) is 58.4 Å². The minimum absolute atomic E-state index is 0.310. The molecule has 2 aliphatic heterocycles. The molecule has 0 spiro atoms. The highest BCUT2D eigenvalue weighted by Crippen LogP contribution is 2.38.